The molecule has 2 rings (SSSR count). The molecule has 11 heteroatoms. The predicted octanol–water partition coefficient (Wildman–Crippen LogP) is 2.76. The largest absolute Gasteiger partial charge is 0.417 e. The summed E-state index contributed by atoms with van der Waals surface area (Å²) in [5.74, 6) is -0.791. The molecule has 1 N–H and O–H groups in total. The second-order valence-electron chi connectivity index (χ2n) is 3.99. The molecule has 0 aliphatic heterocycles. The SMILES string of the molecule is O[C@@H](CSc1nnc2ccc(C(F)(F)F)cn12)C(F)(F)F. The fourth-order valence-corrected chi connectivity index (χ4v) is 2.26. The number of aliphatic hydroxyl groups is 1. The topological polar surface area (TPSA) is 50.4 Å². The number of fused-ring (bicyclic) bond motifs is 1. The van der Waals surface area contributed by atoms with Crippen molar-refractivity contribution in [2.75, 3.05) is 5.75 Å². The minimum absolute atomic E-state index is 0.0620. The molecule has 0 bridgehead atoms. The van der Waals surface area contributed by atoms with Crippen molar-refractivity contribution in [2.45, 2.75) is 23.6 Å². The van der Waals surface area contributed by atoms with Gasteiger partial charge in [0.1, 0.15) is 0 Å². The second kappa shape index (κ2) is 5.37. The summed E-state index contributed by atoms with van der Waals surface area (Å²) in [6.45, 7) is 0. The third-order valence-corrected chi connectivity index (χ3v) is 3.47. The maximum Gasteiger partial charge on any atom is 0.417 e. The van der Waals surface area contributed by atoms with Gasteiger partial charge in [0.2, 0.25) is 0 Å². The average Bonchev–Trinajstić information content (AvgIpc) is 2.76. The zero-order valence-electron chi connectivity index (χ0n) is 9.98. The van der Waals surface area contributed by atoms with Gasteiger partial charge in [-0.15, -0.1) is 10.2 Å². The van der Waals surface area contributed by atoms with Crippen LogP contribution in [0, 0.1) is 0 Å². The molecule has 0 saturated heterocycles. The van der Waals surface area contributed by atoms with Gasteiger partial charge >= 0.3 is 12.4 Å². The molecule has 1 atom stereocenters. The number of hydrogen-bond donors (Lipinski definition) is 1. The number of nitrogens with zero attached hydrogens (tertiary/aromatic N) is 3. The Morgan fingerprint density at radius 1 is 1.14 bits per heavy atom. The molecule has 0 unspecified atom stereocenters. The number of hydrogen-bond acceptors (Lipinski definition) is 4. The average molecular weight is 331 g/mol. The maximum absolute atomic E-state index is 12.6. The highest BCUT2D eigenvalue weighted by atomic mass is 32.2. The van der Waals surface area contributed by atoms with Gasteiger partial charge in [-0.2, -0.15) is 26.3 Å². The Bertz CT molecular complexity index is 638. The lowest BCUT2D eigenvalue weighted by Crippen LogP contribution is -2.30. The summed E-state index contributed by atoms with van der Waals surface area (Å²) in [6.07, 6.45) is -11.3. The normalized spacial score (nSPS) is 14.6. The molecule has 2 aromatic heterocycles. The van der Waals surface area contributed by atoms with Crippen LogP contribution in [0.3, 0.4) is 0 Å². The summed E-state index contributed by atoms with van der Waals surface area (Å²) in [7, 11) is 0. The highest BCUT2D eigenvalue weighted by molar-refractivity contribution is 7.99. The molecule has 2 heterocycles. The number of pyridine rings is 1. The molecular weight excluding hydrogens is 324 g/mol. The van der Waals surface area contributed by atoms with Crippen LogP contribution in [0.15, 0.2) is 23.5 Å². The van der Waals surface area contributed by atoms with E-state index in [-0.39, 0.29) is 10.8 Å². The van der Waals surface area contributed by atoms with Crippen molar-refractivity contribution in [2.24, 2.45) is 0 Å². The van der Waals surface area contributed by atoms with E-state index in [1.165, 1.54) is 0 Å². The van der Waals surface area contributed by atoms with Crippen LogP contribution in [-0.4, -0.2) is 37.7 Å². The molecule has 0 amide bonds. The Morgan fingerprint density at radius 2 is 1.81 bits per heavy atom. The zero-order valence-corrected chi connectivity index (χ0v) is 10.8. The van der Waals surface area contributed by atoms with E-state index < -0.39 is 29.8 Å². The zero-order chi connectivity index (χ0) is 15.8. The van der Waals surface area contributed by atoms with E-state index in [9.17, 15) is 26.3 Å². The van der Waals surface area contributed by atoms with Gasteiger partial charge in [0, 0.05) is 11.9 Å². The van der Waals surface area contributed by atoms with E-state index in [4.69, 9.17) is 5.11 Å². The van der Waals surface area contributed by atoms with Crippen molar-refractivity contribution in [3.8, 4) is 0 Å². The van der Waals surface area contributed by atoms with Gasteiger partial charge in [0.15, 0.2) is 16.9 Å². The van der Waals surface area contributed by atoms with Gasteiger partial charge in [-0.1, -0.05) is 11.8 Å². The molecule has 0 radical (unpaired) electrons. The van der Waals surface area contributed by atoms with Crippen LogP contribution >= 0.6 is 11.8 Å². The maximum atomic E-state index is 12.6. The van der Waals surface area contributed by atoms with E-state index in [0.717, 1.165) is 16.5 Å². The summed E-state index contributed by atoms with van der Waals surface area (Å²) in [5, 5.41) is 15.7. The van der Waals surface area contributed by atoms with Gasteiger partial charge in [0.25, 0.3) is 0 Å². The van der Waals surface area contributed by atoms with Gasteiger partial charge in [-0.25, -0.2) is 0 Å². The lowest BCUT2D eigenvalue weighted by molar-refractivity contribution is -0.195. The Hall–Kier alpha value is -1.49. The van der Waals surface area contributed by atoms with Gasteiger partial charge < -0.3 is 5.11 Å². The first-order valence-electron chi connectivity index (χ1n) is 5.38. The van der Waals surface area contributed by atoms with Crippen LogP contribution in [-0.2, 0) is 6.18 Å². The fourth-order valence-electron chi connectivity index (χ4n) is 1.38. The molecule has 4 nitrogen and oxygen atoms in total. The highest BCUT2D eigenvalue weighted by Crippen LogP contribution is 2.31. The van der Waals surface area contributed by atoms with E-state index in [2.05, 4.69) is 10.2 Å². The summed E-state index contributed by atoms with van der Waals surface area (Å²) >= 11 is 0.463. The molecule has 0 fully saturated rings. The van der Waals surface area contributed by atoms with Crippen molar-refractivity contribution >= 4 is 17.4 Å². The van der Waals surface area contributed by atoms with Gasteiger partial charge in [0.05, 0.1) is 5.56 Å². The predicted molar refractivity (Wildman–Crippen MR) is 60.8 cm³/mol. The number of aromatic nitrogens is 3. The number of halogens is 6. The number of alkyl halides is 6. The molecule has 0 aliphatic carbocycles. The molecule has 116 valence electrons. The lowest BCUT2D eigenvalue weighted by atomic mass is 10.3. The minimum atomic E-state index is -4.80. The van der Waals surface area contributed by atoms with Gasteiger partial charge in [-0.3, -0.25) is 4.40 Å². The summed E-state index contributed by atoms with van der Waals surface area (Å²) in [6, 6.07) is 1.85. The molecule has 0 aromatic carbocycles. The van der Waals surface area contributed by atoms with Gasteiger partial charge in [-0.05, 0) is 12.1 Å². The van der Waals surface area contributed by atoms with Crippen LogP contribution in [0.1, 0.15) is 5.56 Å². The Labute approximate surface area is 117 Å². The standard InChI is InChI=1S/C10H7F6N3OS/c11-9(12,13)5-1-2-7-17-18-8(19(7)3-5)21-4-6(20)10(14,15)16/h1-3,6,20H,4H2/t6-/m0/s1. The number of thioether (sulfide) groups is 1. The third-order valence-electron chi connectivity index (χ3n) is 2.45. The van der Waals surface area contributed by atoms with Crippen molar-refractivity contribution in [1.82, 2.24) is 14.6 Å². The minimum Gasteiger partial charge on any atom is -0.383 e. The van der Waals surface area contributed by atoms with E-state index in [0.29, 0.717) is 18.0 Å². The molecule has 2 aromatic rings. The number of rotatable bonds is 3. The molecule has 0 spiro atoms. The van der Waals surface area contributed by atoms with Crippen LogP contribution in [0.4, 0.5) is 26.3 Å². The van der Waals surface area contributed by atoms with Crippen LogP contribution < -0.4 is 0 Å². The molecule has 21 heavy (non-hydrogen) atoms. The summed E-state index contributed by atoms with van der Waals surface area (Å²) in [4.78, 5) is 0. The molecule has 0 saturated carbocycles. The van der Waals surface area contributed by atoms with Crippen molar-refractivity contribution in [3.63, 3.8) is 0 Å². The monoisotopic (exact) mass is 331 g/mol. The molecular formula is C10H7F6N3OS. The van der Waals surface area contributed by atoms with Crippen LogP contribution in [0.5, 0.6) is 0 Å². The first kappa shape index (κ1) is 15.9. The van der Waals surface area contributed by atoms with Crippen molar-refractivity contribution in [3.05, 3.63) is 23.9 Å². The smallest absolute Gasteiger partial charge is 0.383 e. The first-order chi connectivity index (χ1) is 9.59. The van der Waals surface area contributed by atoms with Crippen molar-refractivity contribution < 1.29 is 31.4 Å². The fraction of sp³-hybridized carbons (Fsp3) is 0.400. The van der Waals surface area contributed by atoms with E-state index in [1.54, 1.807) is 0 Å². The second-order valence-corrected chi connectivity index (χ2v) is 4.98. The first-order valence-corrected chi connectivity index (χ1v) is 6.37. The quantitative estimate of drug-likeness (QED) is 0.694. The van der Waals surface area contributed by atoms with Crippen LogP contribution in [0.2, 0.25) is 0 Å². The van der Waals surface area contributed by atoms with E-state index >= 15 is 0 Å². The Morgan fingerprint density at radius 3 is 2.38 bits per heavy atom. The third kappa shape index (κ3) is 3.59. The Kier molecular flexibility index (Phi) is 4.06. The summed E-state index contributed by atoms with van der Waals surface area (Å²) in [5.41, 5.74) is -0.917. The van der Waals surface area contributed by atoms with E-state index in [1.807, 2.05) is 0 Å². The summed E-state index contributed by atoms with van der Waals surface area (Å²) < 4.78 is 75.1. The molecule has 0 aliphatic rings. The lowest BCUT2D eigenvalue weighted by Gasteiger charge is -2.13. The van der Waals surface area contributed by atoms with Crippen LogP contribution in [0.25, 0.3) is 5.65 Å². The number of aliphatic hydroxyl groups excluding tert-OH is 1. The van der Waals surface area contributed by atoms with Crippen molar-refractivity contribution in [1.29, 1.82) is 0 Å². The Balaban J connectivity index is 2.25. The highest BCUT2D eigenvalue weighted by Gasteiger charge is 2.38.